The maximum atomic E-state index is 13.5. The third-order valence-electron chi connectivity index (χ3n) is 4.86. The van der Waals surface area contributed by atoms with Crippen molar-refractivity contribution in [3.8, 4) is 0 Å². The van der Waals surface area contributed by atoms with Gasteiger partial charge in [-0.25, -0.2) is 0 Å². The predicted octanol–water partition coefficient (Wildman–Crippen LogP) is 5.87. The second-order valence-corrected chi connectivity index (χ2v) is 8.30. The smallest absolute Gasteiger partial charge is 0.238 e. The van der Waals surface area contributed by atoms with E-state index in [1.807, 2.05) is 67.7 Å². The van der Waals surface area contributed by atoms with E-state index in [1.54, 1.807) is 29.0 Å². The first-order valence-corrected chi connectivity index (χ1v) is 10.7. The van der Waals surface area contributed by atoms with E-state index in [4.69, 9.17) is 35.4 Å². The van der Waals surface area contributed by atoms with E-state index in [0.717, 1.165) is 22.0 Å². The molecule has 31 heavy (non-hydrogen) atoms. The molecule has 0 spiro atoms. The number of aromatic nitrogens is 1. The summed E-state index contributed by atoms with van der Waals surface area (Å²) in [6, 6.07) is 22.6. The molecule has 4 aromatic rings. The second kappa shape index (κ2) is 9.06. The van der Waals surface area contributed by atoms with Crippen LogP contribution in [0.15, 0.2) is 85.2 Å². The summed E-state index contributed by atoms with van der Waals surface area (Å²) in [5.74, 6) is -0.257. The number of benzene rings is 3. The number of rotatable bonds is 4. The van der Waals surface area contributed by atoms with Gasteiger partial charge in [-0.3, -0.25) is 0 Å². The zero-order chi connectivity index (χ0) is 22.0. The Hall–Kier alpha value is -2.92. The van der Waals surface area contributed by atoms with E-state index < -0.39 is 0 Å². The first kappa shape index (κ1) is 21.3. The van der Waals surface area contributed by atoms with Gasteiger partial charge in [-0.2, -0.15) is 4.57 Å². The van der Waals surface area contributed by atoms with Crippen LogP contribution in [0.2, 0.25) is 10.0 Å². The molecule has 0 saturated carbocycles. The van der Waals surface area contributed by atoms with Crippen molar-refractivity contribution in [3.63, 3.8) is 0 Å². The number of anilines is 1. The molecule has 0 aliphatic carbocycles. The van der Waals surface area contributed by atoms with Gasteiger partial charge in [0.1, 0.15) is 0 Å². The van der Waals surface area contributed by atoms with Gasteiger partial charge in [-0.1, -0.05) is 77.9 Å². The fourth-order valence-electron chi connectivity index (χ4n) is 3.36. The molecule has 0 atom stereocenters. The third-order valence-corrected chi connectivity index (χ3v) is 5.89. The quantitative estimate of drug-likeness (QED) is 0.177. The van der Waals surface area contributed by atoms with Gasteiger partial charge >= 0.3 is 0 Å². The Balaban J connectivity index is 1.84. The lowest BCUT2D eigenvalue weighted by atomic mass is 10.1. The number of nitrogens with zero attached hydrogens (tertiary/aromatic N) is 1. The van der Waals surface area contributed by atoms with Crippen LogP contribution in [-0.4, -0.2) is 4.99 Å². The molecule has 1 heterocycles. The molecule has 0 saturated heterocycles. The fraction of sp³-hybridized carbons (Fsp3) is 0.0400. The number of halogens is 2. The molecule has 0 bridgehead atoms. The zero-order valence-corrected chi connectivity index (χ0v) is 18.9. The van der Waals surface area contributed by atoms with Crippen molar-refractivity contribution >= 4 is 68.3 Å². The van der Waals surface area contributed by atoms with Gasteiger partial charge in [0.15, 0.2) is 17.4 Å². The number of aryl methyl sites for hydroxylation is 1. The lowest BCUT2D eigenvalue weighted by molar-refractivity contribution is -0.578. The van der Waals surface area contributed by atoms with Crippen LogP contribution in [-0.2, 0) is 0 Å². The number of thiocarbonyl (C=S) groups is 1. The predicted molar refractivity (Wildman–Crippen MR) is 131 cm³/mol. The first-order valence-electron chi connectivity index (χ1n) is 9.58. The van der Waals surface area contributed by atoms with E-state index in [9.17, 15) is 5.11 Å². The molecule has 0 aliphatic rings. The van der Waals surface area contributed by atoms with E-state index in [0.29, 0.717) is 26.3 Å². The molecule has 154 valence electrons. The van der Waals surface area contributed by atoms with E-state index in [2.05, 4.69) is 5.32 Å². The Morgan fingerprint density at radius 2 is 1.71 bits per heavy atom. The molecule has 0 aliphatic heterocycles. The molecular formula is C25H18Cl2N2OS. The topological polar surface area (TPSA) is 39.0 Å². The van der Waals surface area contributed by atoms with Gasteiger partial charge in [0, 0.05) is 22.7 Å². The highest BCUT2D eigenvalue weighted by Crippen LogP contribution is 2.27. The summed E-state index contributed by atoms with van der Waals surface area (Å²) in [7, 11) is 0. The number of nitrogens with one attached hydrogen (secondary N) is 1. The maximum Gasteiger partial charge on any atom is 0.238 e. The van der Waals surface area contributed by atoms with Gasteiger partial charge < -0.3 is 10.4 Å². The number of hydrogen-bond donors (Lipinski definition) is 1. The highest BCUT2D eigenvalue weighted by atomic mass is 35.5. The van der Waals surface area contributed by atoms with Crippen molar-refractivity contribution in [3.05, 3.63) is 106 Å². The van der Waals surface area contributed by atoms with Crippen molar-refractivity contribution in [2.24, 2.45) is 0 Å². The SMILES string of the molecule is Cc1ccc[n+](C(C(=S)Nc2cccc3ccccc23)=C([O-])c2ccc(Cl)c(Cl)c2)c1. The fourth-order valence-corrected chi connectivity index (χ4v) is 3.97. The highest BCUT2D eigenvalue weighted by molar-refractivity contribution is 7.81. The number of pyridine rings is 1. The zero-order valence-electron chi connectivity index (χ0n) is 16.6. The molecule has 0 unspecified atom stereocenters. The minimum atomic E-state index is -0.257. The molecule has 3 aromatic carbocycles. The summed E-state index contributed by atoms with van der Waals surface area (Å²) in [6.07, 6.45) is 3.66. The normalized spacial score (nSPS) is 11.8. The molecule has 1 N–H and O–H groups in total. The van der Waals surface area contributed by atoms with Crippen molar-refractivity contribution < 1.29 is 9.67 Å². The molecule has 0 amide bonds. The van der Waals surface area contributed by atoms with E-state index in [-0.39, 0.29) is 5.76 Å². The first-order chi connectivity index (χ1) is 14.9. The van der Waals surface area contributed by atoms with Gasteiger partial charge in [0.05, 0.1) is 10.0 Å². The lowest BCUT2D eigenvalue weighted by Gasteiger charge is -2.18. The average Bonchev–Trinajstić information content (AvgIpc) is 2.76. The number of hydrogen-bond acceptors (Lipinski definition) is 2. The van der Waals surface area contributed by atoms with Crippen LogP contribution in [0, 0.1) is 6.92 Å². The highest BCUT2D eigenvalue weighted by Gasteiger charge is 2.20. The Kier molecular flexibility index (Phi) is 6.23. The Morgan fingerprint density at radius 1 is 0.935 bits per heavy atom. The van der Waals surface area contributed by atoms with E-state index in [1.165, 1.54) is 0 Å². The summed E-state index contributed by atoms with van der Waals surface area (Å²) in [5, 5.41) is 19.6. The molecule has 1 aromatic heterocycles. The van der Waals surface area contributed by atoms with Gasteiger partial charge in [-0.15, -0.1) is 0 Å². The van der Waals surface area contributed by atoms with Crippen LogP contribution in [0.25, 0.3) is 22.2 Å². The van der Waals surface area contributed by atoms with Crippen LogP contribution < -0.4 is 15.0 Å². The minimum absolute atomic E-state index is 0.257. The van der Waals surface area contributed by atoms with Crippen LogP contribution in [0.1, 0.15) is 11.1 Å². The molecule has 0 fully saturated rings. The summed E-state index contributed by atoms with van der Waals surface area (Å²) < 4.78 is 1.74. The lowest BCUT2D eigenvalue weighted by Crippen LogP contribution is -2.40. The summed E-state index contributed by atoms with van der Waals surface area (Å²) in [6.45, 7) is 1.96. The Labute approximate surface area is 196 Å². The van der Waals surface area contributed by atoms with Gasteiger partial charge in [0.25, 0.3) is 0 Å². The van der Waals surface area contributed by atoms with Gasteiger partial charge in [-0.05, 0) is 47.9 Å². The molecule has 6 heteroatoms. The standard InChI is InChI=1S/C25H18Cl2N2OS/c1-16-6-5-13-29(15-16)23(24(30)18-11-12-20(26)21(27)14-18)25(31)28-22-10-4-8-17-7-2-3-9-19(17)22/h2-15H,1H3,(H-,28,30,31). The van der Waals surface area contributed by atoms with Gasteiger partial charge in [0.2, 0.25) is 5.70 Å². The molecular weight excluding hydrogens is 447 g/mol. The van der Waals surface area contributed by atoms with Crippen LogP contribution in [0.3, 0.4) is 0 Å². The maximum absolute atomic E-state index is 13.5. The summed E-state index contributed by atoms with van der Waals surface area (Å²) >= 11 is 17.9. The summed E-state index contributed by atoms with van der Waals surface area (Å²) in [5.41, 5.74) is 2.55. The van der Waals surface area contributed by atoms with Crippen molar-refractivity contribution in [2.45, 2.75) is 6.92 Å². The molecule has 3 nitrogen and oxygen atoms in total. The average molecular weight is 465 g/mol. The van der Waals surface area contributed by atoms with Crippen molar-refractivity contribution in [2.75, 3.05) is 5.32 Å². The van der Waals surface area contributed by atoms with Crippen LogP contribution in [0.5, 0.6) is 0 Å². The van der Waals surface area contributed by atoms with E-state index >= 15 is 0 Å². The second-order valence-electron chi connectivity index (χ2n) is 7.08. The monoisotopic (exact) mass is 464 g/mol. The minimum Gasteiger partial charge on any atom is -0.867 e. The largest absolute Gasteiger partial charge is 0.867 e. The number of fused-ring (bicyclic) bond motifs is 1. The summed E-state index contributed by atoms with van der Waals surface area (Å²) in [4.78, 5) is 0.308. The van der Waals surface area contributed by atoms with Crippen LogP contribution >= 0.6 is 35.4 Å². The van der Waals surface area contributed by atoms with Crippen LogP contribution in [0.4, 0.5) is 5.69 Å². The van der Waals surface area contributed by atoms with Crippen molar-refractivity contribution in [1.82, 2.24) is 0 Å². The third kappa shape index (κ3) is 4.57. The Bertz CT molecular complexity index is 1330. The molecule has 0 radical (unpaired) electrons. The van der Waals surface area contributed by atoms with Crippen molar-refractivity contribution in [1.29, 1.82) is 0 Å². The molecule has 4 rings (SSSR count). The Morgan fingerprint density at radius 3 is 2.48 bits per heavy atom.